The van der Waals surface area contributed by atoms with Gasteiger partial charge in [0.1, 0.15) is 11.8 Å². The van der Waals surface area contributed by atoms with Gasteiger partial charge in [-0.05, 0) is 41.8 Å². The third kappa shape index (κ3) is 6.67. The average Bonchev–Trinajstić information content (AvgIpc) is 2.98. The molecule has 1 N–H and O–H groups in total. The monoisotopic (exact) mass is 412 g/mol. The Morgan fingerprint density at radius 1 is 1.10 bits per heavy atom. The SMILES string of the molecule is N#CCOc1cccc(CNC(=O)N2CCCN(Cc3ccc(Cl)cc3)CC2)c1. The van der Waals surface area contributed by atoms with E-state index in [1.54, 1.807) is 6.07 Å². The molecular weight excluding hydrogens is 388 g/mol. The summed E-state index contributed by atoms with van der Waals surface area (Å²) in [6.07, 6.45) is 0.943. The van der Waals surface area contributed by atoms with Gasteiger partial charge in [-0.1, -0.05) is 35.9 Å². The Balaban J connectivity index is 1.47. The molecule has 0 saturated carbocycles. The fourth-order valence-electron chi connectivity index (χ4n) is 3.33. The van der Waals surface area contributed by atoms with Crippen molar-refractivity contribution >= 4 is 17.6 Å². The van der Waals surface area contributed by atoms with Crippen molar-refractivity contribution < 1.29 is 9.53 Å². The molecule has 3 rings (SSSR count). The number of hydrogen-bond acceptors (Lipinski definition) is 4. The molecule has 1 aliphatic rings. The number of carbonyl (C=O) groups is 1. The van der Waals surface area contributed by atoms with Crippen molar-refractivity contribution in [2.45, 2.75) is 19.5 Å². The van der Waals surface area contributed by atoms with Crippen LogP contribution in [0.3, 0.4) is 0 Å². The Morgan fingerprint density at radius 3 is 2.72 bits per heavy atom. The van der Waals surface area contributed by atoms with E-state index < -0.39 is 0 Å². The molecule has 0 aromatic heterocycles. The minimum atomic E-state index is -0.0540. The predicted octanol–water partition coefficient (Wildman–Crippen LogP) is 3.66. The van der Waals surface area contributed by atoms with Crippen molar-refractivity contribution in [2.75, 3.05) is 32.8 Å². The van der Waals surface area contributed by atoms with Crippen LogP contribution in [0.4, 0.5) is 4.79 Å². The Morgan fingerprint density at radius 2 is 1.93 bits per heavy atom. The zero-order valence-corrected chi connectivity index (χ0v) is 17.1. The number of hydrogen-bond donors (Lipinski definition) is 1. The summed E-state index contributed by atoms with van der Waals surface area (Å²) in [5, 5.41) is 12.3. The van der Waals surface area contributed by atoms with Gasteiger partial charge in [0.05, 0.1) is 0 Å². The topological polar surface area (TPSA) is 68.6 Å². The van der Waals surface area contributed by atoms with E-state index in [9.17, 15) is 4.79 Å². The van der Waals surface area contributed by atoms with Crippen LogP contribution in [-0.2, 0) is 13.1 Å². The highest BCUT2D eigenvalue weighted by Crippen LogP contribution is 2.14. The summed E-state index contributed by atoms with van der Waals surface area (Å²) < 4.78 is 5.31. The Labute approximate surface area is 176 Å². The van der Waals surface area contributed by atoms with E-state index in [1.165, 1.54) is 5.56 Å². The van der Waals surface area contributed by atoms with Crippen molar-refractivity contribution in [3.8, 4) is 11.8 Å². The second-order valence-electron chi connectivity index (χ2n) is 7.00. The quantitative estimate of drug-likeness (QED) is 0.786. The summed E-state index contributed by atoms with van der Waals surface area (Å²) in [5.41, 5.74) is 2.17. The molecule has 1 fully saturated rings. The number of halogens is 1. The van der Waals surface area contributed by atoms with Gasteiger partial charge in [0.25, 0.3) is 0 Å². The minimum Gasteiger partial charge on any atom is -0.479 e. The van der Waals surface area contributed by atoms with Crippen molar-refractivity contribution in [1.82, 2.24) is 15.1 Å². The third-order valence-electron chi connectivity index (χ3n) is 4.84. The van der Waals surface area contributed by atoms with Crippen LogP contribution in [0.15, 0.2) is 48.5 Å². The van der Waals surface area contributed by atoms with Crippen LogP contribution in [0.5, 0.6) is 5.75 Å². The van der Waals surface area contributed by atoms with Crippen LogP contribution < -0.4 is 10.1 Å². The highest BCUT2D eigenvalue weighted by molar-refractivity contribution is 6.30. The molecule has 0 bridgehead atoms. The maximum Gasteiger partial charge on any atom is 0.317 e. The van der Waals surface area contributed by atoms with Crippen molar-refractivity contribution in [3.05, 3.63) is 64.7 Å². The number of amides is 2. The molecule has 1 saturated heterocycles. The van der Waals surface area contributed by atoms with Crippen LogP contribution in [0.25, 0.3) is 0 Å². The second kappa shape index (κ2) is 10.7. The lowest BCUT2D eigenvalue weighted by molar-refractivity contribution is 0.197. The molecule has 0 atom stereocenters. The molecule has 2 aromatic carbocycles. The molecule has 0 unspecified atom stereocenters. The maximum atomic E-state index is 12.6. The number of nitrogens with zero attached hydrogens (tertiary/aromatic N) is 3. The second-order valence-corrected chi connectivity index (χ2v) is 7.43. The van der Waals surface area contributed by atoms with Crippen LogP contribution in [0, 0.1) is 11.3 Å². The molecule has 0 spiro atoms. The summed E-state index contributed by atoms with van der Waals surface area (Å²) in [7, 11) is 0. The normalized spacial score (nSPS) is 14.7. The summed E-state index contributed by atoms with van der Waals surface area (Å²) in [6, 6.07) is 17.2. The third-order valence-corrected chi connectivity index (χ3v) is 5.09. The molecule has 29 heavy (non-hydrogen) atoms. The van der Waals surface area contributed by atoms with Gasteiger partial charge in [-0.3, -0.25) is 4.90 Å². The molecule has 6 nitrogen and oxygen atoms in total. The first-order chi connectivity index (χ1) is 14.1. The number of carbonyl (C=O) groups excluding carboxylic acids is 1. The summed E-state index contributed by atoms with van der Waals surface area (Å²) in [6.45, 7) is 4.54. The molecule has 1 aliphatic heterocycles. The first-order valence-corrected chi connectivity index (χ1v) is 10.1. The predicted molar refractivity (Wildman–Crippen MR) is 113 cm³/mol. The first kappa shape index (κ1) is 21.0. The Bertz CT molecular complexity index is 851. The number of urea groups is 1. The molecular formula is C22H25ClN4O2. The van der Waals surface area contributed by atoms with E-state index in [1.807, 2.05) is 53.4 Å². The zero-order valence-electron chi connectivity index (χ0n) is 16.3. The number of ether oxygens (including phenoxy) is 1. The lowest BCUT2D eigenvalue weighted by Gasteiger charge is -2.22. The summed E-state index contributed by atoms with van der Waals surface area (Å²) in [5.74, 6) is 0.630. The van der Waals surface area contributed by atoms with E-state index in [0.29, 0.717) is 18.8 Å². The Hall–Kier alpha value is -2.75. The van der Waals surface area contributed by atoms with Gasteiger partial charge in [-0.15, -0.1) is 0 Å². The van der Waals surface area contributed by atoms with E-state index in [-0.39, 0.29) is 12.6 Å². The lowest BCUT2D eigenvalue weighted by Crippen LogP contribution is -2.41. The van der Waals surface area contributed by atoms with E-state index in [0.717, 1.165) is 43.2 Å². The van der Waals surface area contributed by atoms with Gasteiger partial charge < -0.3 is 15.0 Å². The molecule has 0 radical (unpaired) electrons. The van der Waals surface area contributed by atoms with Crippen molar-refractivity contribution in [1.29, 1.82) is 5.26 Å². The van der Waals surface area contributed by atoms with Crippen LogP contribution in [0.2, 0.25) is 5.02 Å². The molecule has 152 valence electrons. The van der Waals surface area contributed by atoms with Crippen molar-refractivity contribution in [3.63, 3.8) is 0 Å². The van der Waals surface area contributed by atoms with E-state index >= 15 is 0 Å². The number of rotatable bonds is 6. The molecule has 2 amide bonds. The molecule has 1 heterocycles. The fourth-order valence-corrected chi connectivity index (χ4v) is 3.46. The van der Waals surface area contributed by atoms with Gasteiger partial charge in [0, 0.05) is 44.3 Å². The minimum absolute atomic E-state index is 0.0100. The zero-order chi connectivity index (χ0) is 20.5. The average molecular weight is 413 g/mol. The summed E-state index contributed by atoms with van der Waals surface area (Å²) in [4.78, 5) is 16.8. The van der Waals surface area contributed by atoms with E-state index in [2.05, 4.69) is 10.2 Å². The van der Waals surface area contributed by atoms with Gasteiger partial charge >= 0.3 is 6.03 Å². The standard InChI is InChI=1S/C22H25ClN4O2/c23-20-7-5-18(6-8-20)17-26-10-2-11-27(13-12-26)22(28)25-16-19-3-1-4-21(15-19)29-14-9-24/h1,3-8,15H,2,10-14,16-17H2,(H,25,28). The maximum absolute atomic E-state index is 12.6. The van der Waals surface area contributed by atoms with Gasteiger partial charge in [0.15, 0.2) is 6.61 Å². The van der Waals surface area contributed by atoms with E-state index in [4.69, 9.17) is 21.6 Å². The largest absolute Gasteiger partial charge is 0.479 e. The molecule has 2 aromatic rings. The molecule has 0 aliphatic carbocycles. The smallest absolute Gasteiger partial charge is 0.317 e. The van der Waals surface area contributed by atoms with Gasteiger partial charge in [0.2, 0.25) is 0 Å². The number of nitrogens with one attached hydrogen (secondary N) is 1. The highest BCUT2D eigenvalue weighted by Gasteiger charge is 2.19. The lowest BCUT2D eigenvalue weighted by atomic mass is 10.2. The fraction of sp³-hybridized carbons (Fsp3) is 0.364. The van der Waals surface area contributed by atoms with Gasteiger partial charge in [-0.2, -0.15) is 5.26 Å². The molecule has 7 heteroatoms. The summed E-state index contributed by atoms with van der Waals surface area (Å²) >= 11 is 5.95. The van der Waals surface area contributed by atoms with Crippen LogP contribution in [-0.4, -0.2) is 48.6 Å². The number of nitriles is 1. The first-order valence-electron chi connectivity index (χ1n) is 9.72. The van der Waals surface area contributed by atoms with Crippen LogP contribution >= 0.6 is 11.6 Å². The highest BCUT2D eigenvalue weighted by atomic mass is 35.5. The number of benzene rings is 2. The Kier molecular flexibility index (Phi) is 7.74. The van der Waals surface area contributed by atoms with Crippen molar-refractivity contribution in [2.24, 2.45) is 0 Å². The van der Waals surface area contributed by atoms with Crippen LogP contribution in [0.1, 0.15) is 17.5 Å². The van der Waals surface area contributed by atoms with Gasteiger partial charge in [-0.25, -0.2) is 4.79 Å².